The molecule has 1 amide bonds. The second kappa shape index (κ2) is 9.15. The van der Waals surface area contributed by atoms with Crippen LogP contribution in [0.2, 0.25) is 0 Å². The predicted octanol–water partition coefficient (Wildman–Crippen LogP) is 3.64. The molecule has 1 rings (SSSR count). The van der Waals surface area contributed by atoms with E-state index in [9.17, 15) is 4.79 Å². The molecule has 1 aromatic carbocycles. The minimum atomic E-state index is 0.286. The summed E-state index contributed by atoms with van der Waals surface area (Å²) in [6.07, 6.45) is 3.67. The van der Waals surface area contributed by atoms with Crippen molar-refractivity contribution in [2.75, 3.05) is 18.4 Å². The van der Waals surface area contributed by atoms with Crippen LogP contribution in [0.15, 0.2) is 30.3 Å². The summed E-state index contributed by atoms with van der Waals surface area (Å²) in [6.45, 7) is 3.68. The quantitative estimate of drug-likeness (QED) is 0.530. The fraction of sp³-hybridized carbons (Fsp3) is 0.533. The third-order valence-corrected chi connectivity index (χ3v) is 3.58. The molecule has 0 aliphatic heterocycles. The van der Waals surface area contributed by atoms with E-state index in [1.807, 2.05) is 30.0 Å². The molecule has 100 valence electrons. The summed E-state index contributed by atoms with van der Waals surface area (Å²) in [5.74, 6) is 0.286. The van der Waals surface area contributed by atoms with Gasteiger partial charge in [0.15, 0.2) is 0 Å². The highest BCUT2D eigenvalue weighted by atomic mass is 79.9. The van der Waals surface area contributed by atoms with Gasteiger partial charge in [0, 0.05) is 24.8 Å². The van der Waals surface area contributed by atoms with E-state index in [2.05, 4.69) is 28.1 Å². The number of halogens is 1. The van der Waals surface area contributed by atoms with Gasteiger partial charge in [-0.3, -0.25) is 4.79 Å². The number of hydrogen-bond donors (Lipinski definition) is 0. The minimum Gasteiger partial charge on any atom is -0.343 e. The molecule has 3 heteroatoms. The van der Waals surface area contributed by atoms with Gasteiger partial charge in [-0.1, -0.05) is 46.3 Å². The molecular formula is C15H22BrNO. The topological polar surface area (TPSA) is 20.3 Å². The smallest absolute Gasteiger partial charge is 0.222 e. The molecule has 0 N–H and O–H groups in total. The molecule has 0 spiro atoms. The SMILES string of the molecule is CCN(CCc1ccccc1)C(=O)CCCCBr. The Morgan fingerprint density at radius 1 is 1.22 bits per heavy atom. The molecule has 0 saturated carbocycles. The molecule has 0 aliphatic carbocycles. The van der Waals surface area contributed by atoms with Gasteiger partial charge < -0.3 is 4.90 Å². The highest BCUT2D eigenvalue weighted by molar-refractivity contribution is 9.09. The zero-order valence-electron chi connectivity index (χ0n) is 11.1. The number of nitrogens with zero attached hydrogens (tertiary/aromatic N) is 1. The van der Waals surface area contributed by atoms with Crippen molar-refractivity contribution in [1.82, 2.24) is 4.90 Å². The van der Waals surface area contributed by atoms with Crippen LogP contribution in [0.4, 0.5) is 0 Å². The van der Waals surface area contributed by atoms with Crippen molar-refractivity contribution in [3.63, 3.8) is 0 Å². The van der Waals surface area contributed by atoms with E-state index in [4.69, 9.17) is 0 Å². The number of alkyl halides is 1. The Labute approximate surface area is 119 Å². The van der Waals surface area contributed by atoms with E-state index in [0.717, 1.165) is 37.7 Å². The van der Waals surface area contributed by atoms with E-state index in [1.54, 1.807) is 0 Å². The van der Waals surface area contributed by atoms with Gasteiger partial charge >= 0.3 is 0 Å². The van der Waals surface area contributed by atoms with Gasteiger partial charge in [0.25, 0.3) is 0 Å². The second-order valence-electron chi connectivity index (χ2n) is 4.36. The summed E-state index contributed by atoms with van der Waals surface area (Å²) in [6, 6.07) is 10.3. The molecule has 0 aromatic heterocycles. The maximum atomic E-state index is 12.0. The molecule has 0 fully saturated rings. The van der Waals surface area contributed by atoms with Crippen molar-refractivity contribution in [3.8, 4) is 0 Å². The fourth-order valence-electron chi connectivity index (χ4n) is 1.90. The summed E-state index contributed by atoms with van der Waals surface area (Å²) in [5, 5.41) is 0.983. The van der Waals surface area contributed by atoms with Crippen LogP contribution in [-0.2, 0) is 11.2 Å². The first-order valence-corrected chi connectivity index (χ1v) is 7.77. The zero-order chi connectivity index (χ0) is 13.2. The highest BCUT2D eigenvalue weighted by Gasteiger charge is 2.10. The van der Waals surface area contributed by atoms with Crippen LogP contribution in [0.25, 0.3) is 0 Å². The third kappa shape index (κ3) is 5.67. The number of carbonyl (C=O) groups excluding carboxylic acids is 1. The van der Waals surface area contributed by atoms with Crippen LogP contribution in [0.3, 0.4) is 0 Å². The normalized spacial score (nSPS) is 10.3. The maximum Gasteiger partial charge on any atom is 0.222 e. The number of amides is 1. The van der Waals surface area contributed by atoms with Gasteiger partial charge in [0.2, 0.25) is 5.91 Å². The summed E-state index contributed by atoms with van der Waals surface area (Å²) in [7, 11) is 0. The second-order valence-corrected chi connectivity index (χ2v) is 5.15. The van der Waals surface area contributed by atoms with E-state index < -0.39 is 0 Å². The van der Waals surface area contributed by atoms with Gasteiger partial charge in [-0.15, -0.1) is 0 Å². The Kier molecular flexibility index (Phi) is 7.74. The zero-order valence-corrected chi connectivity index (χ0v) is 12.7. The highest BCUT2D eigenvalue weighted by Crippen LogP contribution is 2.05. The molecule has 18 heavy (non-hydrogen) atoms. The molecule has 0 atom stereocenters. The van der Waals surface area contributed by atoms with Gasteiger partial charge in [-0.2, -0.15) is 0 Å². The van der Waals surface area contributed by atoms with Gasteiger partial charge in [-0.05, 0) is 31.7 Å². The van der Waals surface area contributed by atoms with Crippen molar-refractivity contribution < 1.29 is 4.79 Å². The van der Waals surface area contributed by atoms with E-state index in [-0.39, 0.29) is 5.91 Å². The number of carbonyl (C=O) groups is 1. The molecule has 0 aliphatic rings. The molecule has 0 unspecified atom stereocenters. The van der Waals surface area contributed by atoms with Gasteiger partial charge in [-0.25, -0.2) is 0 Å². The molecule has 0 heterocycles. The average molecular weight is 312 g/mol. The monoisotopic (exact) mass is 311 g/mol. The van der Waals surface area contributed by atoms with Crippen molar-refractivity contribution in [1.29, 1.82) is 0 Å². The first-order chi connectivity index (χ1) is 8.77. The van der Waals surface area contributed by atoms with Gasteiger partial charge in [0.1, 0.15) is 0 Å². The lowest BCUT2D eigenvalue weighted by atomic mass is 10.1. The Morgan fingerprint density at radius 2 is 1.94 bits per heavy atom. The van der Waals surface area contributed by atoms with Crippen molar-refractivity contribution in [2.24, 2.45) is 0 Å². The van der Waals surface area contributed by atoms with E-state index >= 15 is 0 Å². The van der Waals surface area contributed by atoms with Crippen LogP contribution in [0.1, 0.15) is 31.7 Å². The molecule has 0 saturated heterocycles. The Balaban J connectivity index is 2.35. The molecular weight excluding hydrogens is 290 g/mol. The minimum absolute atomic E-state index is 0.286. The lowest BCUT2D eigenvalue weighted by Gasteiger charge is -2.21. The predicted molar refractivity (Wildman–Crippen MR) is 80.0 cm³/mol. The van der Waals surface area contributed by atoms with E-state index in [1.165, 1.54) is 5.56 Å². The lowest BCUT2D eigenvalue weighted by molar-refractivity contribution is -0.131. The van der Waals surface area contributed by atoms with Crippen molar-refractivity contribution in [3.05, 3.63) is 35.9 Å². The van der Waals surface area contributed by atoms with Crippen LogP contribution in [0.5, 0.6) is 0 Å². The Hall–Kier alpha value is -0.830. The summed E-state index contributed by atoms with van der Waals surface area (Å²) in [4.78, 5) is 13.9. The van der Waals surface area contributed by atoms with Crippen LogP contribution in [0, 0.1) is 0 Å². The number of unbranched alkanes of at least 4 members (excludes halogenated alkanes) is 1. The van der Waals surface area contributed by atoms with Crippen molar-refractivity contribution in [2.45, 2.75) is 32.6 Å². The van der Waals surface area contributed by atoms with Crippen LogP contribution in [-0.4, -0.2) is 29.2 Å². The average Bonchev–Trinajstić information content (AvgIpc) is 2.41. The van der Waals surface area contributed by atoms with Crippen LogP contribution >= 0.6 is 15.9 Å². The summed E-state index contributed by atoms with van der Waals surface area (Å²) >= 11 is 3.39. The molecule has 1 aromatic rings. The molecule has 0 radical (unpaired) electrons. The Bertz CT molecular complexity index is 340. The fourth-order valence-corrected chi connectivity index (χ4v) is 2.29. The van der Waals surface area contributed by atoms with Crippen molar-refractivity contribution >= 4 is 21.8 Å². The lowest BCUT2D eigenvalue weighted by Crippen LogP contribution is -2.32. The first kappa shape index (κ1) is 15.2. The third-order valence-electron chi connectivity index (χ3n) is 3.02. The molecule has 2 nitrogen and oxygen atoms in total. The Morgan fingerprint density at radius 3 is 2.56 bits per heavy atom. The molecule has 0 bridgehead atoms. The van der Waals surface area contributed by atoms with Gasteiger partial charge in [0.05, 0.1) is 0 Å². The number of benzene rings is 1. The number of hydrogen-bond acceptors (Lipinski definition) is 1. The standard InChI is InChI=1S/C15H22BrNO/c1-2-17(15(18)10-6-7-12-16)13-11-14-8-4-3-5-9-14/h3-5,8-9H,2,6-7,10-13H2,1H3. The summed E-state index contributed by atoms with van der Waals surface area (Å²) in [5.41, 5.74) is 1.30. The first-order valence-electron chi connectivity index (χ1n) is 6.65. The number of likely N-dealkylation sites (N-methyl/N-ethyl adjacent to an activating group) is 1. The largest absolute Gasteiger partial charge is 0.343 e. The number of rotatable bonds is 8. The van der Waals surface area contributed by atoms with E-state index in [0.29, 0.717) is 6.42 Å². The van der Waals surface area contributed by atoms with Crippen LogP contribution < -0.4 is 0 Å². The maximum absolute atomic E-state index is 12.0. The summed E-state index contributed by atoms with van der Waals surface area (Å²) < 4.78 is 0.